The van der Waals surface area contributed by atoms with Crippen LogP contribution in [-0.2, 0) is 6.54 Å². The first kappa shape index (κ1) is 15.6. The number of nitrogens with one attached hydrogen (secondary N) is 2. The van der Waals surface area contributed by atoms with E-state index in [1.165, 1.54) is 27.1 Å². The van der Waals surface area contributed by atoms with Gasteiger partial charge in [0, 0.05) is 12.2 Å². The standard InChI is InChI=1S/C22H18N2S/c25-22(24-20-13-12-16-6-1-2-8-18(16)14-20)23-15-19-10-5-9-17-7-3-4-11-21(17)19/h1-14H,15H2,(H2,23,24,25). The van der Waals surface area contributed by atoms with Crippen molar-refractivity contribution in [1.29, 1.82) is 0 Å². The fourth-order valence-corrected chi connectivity index (χ4v) is 3.25. The van der Waals surface area contributed by atoms with E-state index in [4.69, 9.17) is 12.2 Å². The molecule has 122 valence electrons. The molecule has 4 aromatic carbocycles. The molecule has 0 aromatic heterocycles. The molecule has 0 unspecified atom stereocenters. The minimum atomic E-state index is 0.628. The number of fused-ring (bicyclic) bond motifs is 2. The average Bonchev–Trinajstić information content (AvgIpc) is 2.66. The van der Waals surface area contributed by atoms with Crippen LogP contribution in [0.1, 0.15) is 5.56 Å². The second kappa shape index (κ2) is 6.91. The van der Waals surface area contributed by atoms with Crippen LogP contribution in [-0.4, -0.2) is 5.11 Å². The molecule has 0 aliphatic carbocycles. The normalized spacial score (nSPS) is 10.7. The highest BCUT2D eigenvalue weighted by Crippen LogP contribution is 2.20. The first-order valence-electron chi connectivity index (χ1n) is 8.30. The van der Waals surface area contributed by atoms with Crippen molar-refractivity contribution in [3.05, 3.63) is 90.5 Å². The van der Waals surface area contributed by atoms with Gasteiger partial charge in [-0.25, -0.2) is 0 Å². The van der Waals surface area contributed by atoms with Crippen molar-refractivity contribution >= 4 is 44.6 Å². The molecular formula is C22H18N2S. The van der Waals surface area contributed by atoms with E-state index in [9.17, 15) is 0 Å². The SMILES string of the molecule is S=C(NCc1cccc2ccccc12)Nc1ccc2ccccc2c1. The summed E-state index contributed by atoms with van der Waals surface area (Å²) in [5.41, 5.74) is 2.23. The van der Waals surface area contributed by atoms with E-state index in [0.29, 0.717) is 11.7 Å². The summed E-state index contributed by atoms with van der Waals surface area (Å²) in [5.74, 6) is 0. The van der Waals surface area contributed by atoms with E-state index in [1.807, 2.05) is 18.2 Å². The highest BCUT2D eigenvalue weighted by atomic mass is 32.1. The van der Waals surface area contributed by atoms with E-state index in [-0.39, 0.29) is 0 Å². The fourth-order valence-electron chi connectivity index (χ4n) is 3.06. The van der Waals surface area contributed by atoms with Crippen molar-refractivity contribution in [2.75, 3.05) is 5.32 Å². The molecule has 0 spiro atoms. The highest BCUT2D eigenvalue weighted by Gasteiger charge is 2.03. The molecule has 0 saturated heterocycles. The second-order valence-electron chi connectivity index (χ2n) is 6.01. The summed E-state index contributed by atoms with van der Waals surface area (Å²) in [5, 5.41) is 12.1. The van der Waals surface area contributed by atoms with Gasteiger partial charge in [-0.2, -0.15) is 0 Å². The minimum absolute atomic E-state index is 0.628. The Kier molecular flexibility index (Phi) is 4.32. The first-order valence-corrected chi connectivity index (χ1v) is 8.71. The van der Waals surface area contributed by atoms with Crippen molar-refractivity contribution in [2.45, 2.75) is 6.54 Å². The lowest BCUT2D eigenvalue weighted by atomic mass is 10.0. The van der Waals surface area contributed by atoms with E-state index < -0.39 is 0 Å². The molecule has 3 heteroatoms. The summed E-state index contributed by atoms with van der Waals surface area (Å²) in [6.45, 7) is 0.695. The highest BCUT2D eigenvalue weighted by molar-refractivity contribution is 7.80. The Balaban J connectivity index is 1.46. The van der Waals surface area contributed by atoms with Crippen LogP contribution in [0.5, 0.6) is 0 Å². The first-order chi connectivity index (χ1) is 12.3. The van der Waals surface area contributed by atoms with Gasteiger partial charge in [-0.1, -0.05) is 72.8 Å². The molecule has 0 heterocycles. The van der Waals surface area contributed by atoms with Gasteiger partial charge >= 0.3 is 0 Å². The molecule has 0 aliphatic rings. The number of hydrogen-bond acceptors (Lipinski definition) is 1. The van der Waals surface area contributed by atoms with Crippen LogP contribution in [0.3, 0.4) is 0 Å². The maximum atomic E-state index is 5.46. The Bertz CT molecular complexity index is 1050. The van der Waals surface area contributed by atoms with Crippen LogP contribution >= 0.6 is 12.2 Å². The fraction of sp³-hybridized carbons (Fsp3) is 0.0455. The predicted octanol–water partition coefficient (Wildman–Crippen LogP) is 5.48. The number of rotatable bonds is 3. The van der Waals surface area contributed by atoms with Gasteiger partial charge < -0.3 is 10.6 Å². The van der Waals surface area contributed by atoms with Gasteiger partial charge in [-0.3, -0.25) is 0 Å². The molecule has 4 rings (SSSR count). The smallest absolute Gasteiger partial charge is 0.171 e. The van der Waals surface area contributed by atoms with Gasteiger partial charge in [0.1, 0.15) is 0 Å². The van der Waals surface area contributed by atoms with Crippen molar-refractivity contribution < 1.29 is 0 Å². The number of hydrogen-bond donors (Lipinski definition) is 2. The number of anilines is 1. The van der Waals surface area contributed by atoms with Gasteiger partial charge in [0.15, 0.2) is 5.11 Å². The third kappa shape index (κ3) is 3.47. The van der Waals surface area contributed by atoms with Gasteiger partial charge in [0.2, 0.25) is 0 Å². The Hall–Kier alpha value is -2.91. The Labute approximate surface area is 152 Å². The summed E-state index contributed by atoms with van der Waals surface area (Å²) >= 11 is 5.46. The Morgan fingerprint density at radius 3 is 2.32 bits per heavy atom. The zero-order chi connectivity index (χ0) is 17.1. The Morgan fingerprint density at radius 1 is 0.720 bits per heavy atom. The third-order valence-corrected chi connectivity index (χ3v) is 4.57. The summed E-state index contributed by atoms with van der Waals surface area (Å²) in [6, 6.07) is 29.3. The maximum absolute atomic E-state index is 5.46. The van der Waals surface area contributed by atoms with E-state index in [2.05, 4.69) is 77.4 Å². The molecule has 0 bridgehead atoms. The van der Waals surface area contributed by atoms with Gasteiger partial charge in [-0.15, -0.1) is 0 Å². The molecule has 0 radical (unpaired) electrons. The summed E-state index contributed by atoms with van der Waals surface area (Å²) in [4.78, 5) is 0. The lowest BCUT2D eigenvalue weighted by Crippen LogP contribution is -2.27. The quantitative estimate of drug-likeness (QED) is 0.482. The summed E-state index contributed by atoms with van der Waals surface area (Å²) < 4.78 is 0. The van der Waals surface area contributed by atoms with Crippen molar-refractivity contribution in [2.24, 2.45) is 0 Å². The molecule has 0 aliphatic heterocycles. The molecule has 2 nitrogen and oxygen atoms in total. The van der Waals surface area contributed by atoms with E-state index in [0.717, 1.165) is 5.69 Å². The van der Waals surface area contributed by atoms with Crippen LogP contribution in [0, 0.1) is 0 Å². The lowest BCUT2D eigenvalue weighted by Gasteiger charge is -2.12. The number of thiocarbonyl (C=S) groups is 1. The zero-order valence-corrected chi connectivity index (χ0v) is 14.5. The van der Waals surface area contributed by atoms with E-state index >= 15 is 0 Å². The molecular weight excluding hydrogens is 324 g/mol. The summed E-state index contributed by atoms with van der Waals surface area (Å²) in [7, 11) is 0. The molecule has 0 atom stereocenters. The van der Waals surface area contributed by atoms with E-state index in [1.54, 1.807) is 0 Å². The van der Waals surface area contributed by atoms with Crippen LogP contribution in [0.15, 0.2) is 84.9 Å². The predicted molar refractivity (Wildman–Crippen MR) is 111 cm³/mol. The van der Waals surface area contributed by atoms with Gasteiger partial charge in [0.25, 0.3) is 0 Å². The van der Waals surface area contributed by atoms with Crippen LogP contribution < -0.4 is 10.6 Å². The zero-order valence-electron chi connectivity index (χ0n) is 13.7. The van der Waals surface area contributed by atoms with Crippen molar-refractivity contribution in [3.63, 3.8) is 0 Å². The average molecular weight is 342 g/mol. The van der Waals surface area contributed by atoms with Crippen molar-refractivity contribution in [3.8, 4) is 0 Å². The monoisotopic (exact) mass is 342 g/mol. The summed E-state index contributed by atoms with van der Waals surface area (Å²) in [6.07, 6.45) is 0. The molecule has 0 amide bonds. The lowest BCUT2D eigenvalue weighted by molar-refractivity contribution is 0.935. The van der Waals surface area contributed by atoms with Gasteiger partial charge in [0.05, 0.1) is 0 Å². The molecule has 4 aromatic rings. The molecule has 0 fully saturated rings. The topological polar surface area (TPSA) is 24.1 Å². The molecule has 25 heavy (non-hydrogen) atoms. The third-order valence-electron chi connectivity index (χ3n) is 4.33. The van der Waals surface area contributed by atoms with Crippen LogP contribution in [0.2, 0.25) is 0 Å². The molecule has 2 N–H and O–H groups in total. The number of benzene rings is 4. The second-order valence-corrected chi connectivity index (χ2v) is 6.42. The van der Waals surface area contributed by atoms with Crippen molar-refractivity contribution in [1.82, 2.24) is 5.32 Å². The van der Waals surface area contributed by atoms with Gasteiger partial charge in [-0.05, 0) is 51.5 Å². The maximum Gasteiger partial charge on any atom is 0.171 e. The Morgan fingerprint density at radius 2 is 1.44 bits per heavy atom. The largest absolute Gasteiger partial charge is 0.358 e. The van der Waals surface area contributed by atoms with Crippen LogP contribution in [0.25, 0.3) is 21.5 Å². The van der Waals surface area contributed by atoms with Crippen LogP contribution in [0.4, 0.5) is 5.69 Å². The minimum Gasteiger partial charge on any atom is -0.358 e. The molecule has 0 saturated carbocycles.